The Labute approximate surface area is 246 Å². The average molecular weight is 615 g/mol. The third kappa shape index (κ3) is 15.6. The molecule has 236 valence electrons. The van der Waals surface area contributed by atoms with E-state index in [1.165, 1.54) is 0 Å². The number of rotatable bonds is 9. The van der Waals surface area contributed by atoms with Crippen LogP contribution in [0.5, 0.6) is 0 Å². The molecule has 0 saturated carbocycles. The molecule has 0 fully saturated rings. The Bertz CT molecular complexity index is 1340. The lowest BCUT2D eigenvalue weighted by Gasteiger charge is -2.10. The summed E-state index contributed by atoms with van der Waals surface area (Å²) in [6, 6.07) is 17.3. The van der Waals surface area contributed by atoms with E-state index in [9.17, 15) is 40.7 Å². The molecular weight excluding hydrogens is 578 g/mol. The zero-order valence-electron chi connectivity index (χ0n) is 24.4. The van der Waals surface area contributed by atoms with E-state index in [4.69, 9.17) is 4.74 Å². The Balaban J connectivity index is 0.000000416. The topological polar surface area (TPSA) is 77.4 Å². The summed E-state index contributed by atoms with van der Waals surface area (Å²) in [5.41, 5.74) is 0.704. The van der Waals surface area contributed by atoms with Gasteiger partial charge in [-0.05, 0) is 49.6 Å². The molecule has 0 radical (unpaired) electrons. The number of halogens is 6. The summed E-state index contributed by atoms with van der Waals surface area (Å²) in [5, 5.41) is 2.42. The number of nitrogens with zero attached hydrogens (tertiary/aromatic N) is 1. The molecule has 6 nitrogen and oxygen atoms in total. The summed E-state index contributed by atoms with van der Waals surface area (Å²) >= 11 is 0. The number of pyridine rings is 1. The number of carbonyl (C=O) groups excluding carboxylic acids is 2. The fourth-order valence-corrected chi connectivity index (χ4v) is 3.45. The highest BCUT2D eigenvalue weighted by Crippen LogP contribution is 2.28. The van der Waals surface area contributed by atoms with Gasteiger partial charge in [0, 0.05) is 30.8 Å². The zero-order chi connectivity index (χ0) is 32.6. The van der Waals surface area contributed by atoms with Crippen LogP contribution >= 0.6 is 0 Å². The minimum absolute atomic E-state index is 0.129. The standard InChI is InChI=1S/C16H20F3NO3.C13H10F3NO.C2H6/c1-11(2)23-15(22)7-6-12-4-3-5-13(10-12)20-14(21)8-9-16(17,18)19;14-13(15,16)11-6-7-12(18)17(9-11)8-10-4-2-1-3-5-10;1-2/h3-5,10-11H,6-9H2,1-2H3,(H,20,21);1-7,9H,8H2;1-2H3. The Morgan fingerprint density at radius 1 is 0.860 bits per heavy atom. The van der Waals surface area contributed by atoms with Gasteiger partial charge in [0.2, 0.25) is 5.91 Å². The van der Waals surface area contributed by atoms with Crippen LogP contribution in [0.2, 0.25) is 0 Å². The van der Waals surface area contributed by atoms with Crippen LogP contribution < -0.4 is 10.9 Å². The molecule has 3 rings (SSSR count). The molecule has 0 spiro atoms. The van der Waals surface area contributed by atoms with E-state index in [-0.39, 0.29) is 25.0 Å². The lowest BCUT2D eigenvalue weighted by Crippen LogP contribution is -2.21. The van der Waals surface area contributed by atoms with Crippen LogP contribution in [0, 0.1) is 0 Å². The van der Waals surface area contributed by atoms with Crippen molar-refractivity contribution in [2.75, 3.05) is 5.32 Å². The lowest BCUT2D eigenvalue weighted by molar-refractivity contribution is -0.147. The van der Waals surface area contributed by atoms with Gasteiger partial charge < -0.3 is 14.6 Å². The molecule has 43 heavy (non-hydrogen) atoms. The SMILES string of the molecule is CC.CC(C)OC(=O)CCc1cccc(NC(=O)CCC(F)(F)F)c1.O=c1ccc(C(F)(F)F)cn1Cc1ccccc1. The van der Waals surface area contributed by atoms with Crippen molar-refractivity contribution in [3.63, 3.8) is 0 Å². The van der Waals surface area contributed by atoms with Crippen molar-refractivity contribution in [1.82, 2.24) is 4.57 Å². The van der Waals surface area contributed by atoms with Crippen LogP contribution in [0.1, 0.15) is 63.6 Å². The highest BCUT2D eigenvalue weighted by molar-refractivity contribution is 5.90. The predicted molar refractivity (Wildman–Crippen MR) is 153 cm³/mol. The summed E-state index contributed by atoms with van der Waals surface area (Å²) in [6.07, 6.45) is -9.27. The second-order valence-corrected chi connectivity index (χ2v) is 9.27. The second kappa shape index (κ2) is 17.8. The number of esters is 1. The number of benzene rings is 2. The summed E-state index contributed by atoms with van der Waals surface area (Å²) in [4.78, 5) is 34.4. The van der Waals surface area contributed by atoms with Crippen LogP contribution in [0.4, 0.5) is 32.0 Å². The Morgan fingerprint density at radius 2 is 1.49 bits per heavy atom. The molecule has 0 saturated heterocycles. The molecule has 0 atom stereocenters. The molecule has 0 unspecified atom stereocenters. The molecule has 0 aliphatic heterocycles. The van der Waals surface area contributed by atoms with Gasteiger partial charge in [0.1, 0.15) is 0 Å². The molecule has 0 bridgehead atoms. The summed E-state index contributed by atoms with van der Waals surface area (Å²) in [7, 11) is 0. The van der Waals surface area contributed by atoms with Gasteiger partial charge in [-0.2, -0.15) is 26.3 Å². The first kappa shape index (κ1) is 36.9. The minimum atomic E-state index is -4.44. The van der Waals surface area contributed by atoms with Gasteiger partial charge in [-0.1, -0.05) is 56.3 Å². The third-order valence-corrected chi connectivity index (χ3v) is 5.34. The van der Waals surface area contributed by atoms with E-state index in [0.29, 0.717) is 12.1 Å². The van der Waals surface area contributed by atoms with Crippen molar-refractivity contribution in [1.29, 1.82) is 0 Å². The first-order valence-corrected chi connectivity index (χ1v) is 13.6. The van der Waals surface area contributed by atoms with Crippen LogP contribution in [0.3, 0.4) is 0 Å². The van der Waals surface area contributed by atoms with E-state index < -0.39 is 42.2 Å². The number of ether oxygens (including phenoxy) is 1. The molecular formula is C31H36F6N2O4. The van der Waals surface area contributed by atoms with Crippen molar-refractivity contribution in [3.05, 3.63) is 100.0 Å². The number of amides is 1. The van der Waals surface area contributed by atoms with Crippen LogP contribution in [0.25, 0.3) is 0 Å². The number of hydrogen-bond acceptors (Lipinski definition) is 4. The van der Waals surface area contributed by atoms with Crippen molar-refractivity contribution in [2.45, 2.75) is 78.4 Å². The number of aryl methyl sites for hydroxylation is 1. The van der Waals surface area contributed by atoms with Crippen LogP contribution in [0.15, 0.2) is 77.7 Å². The number of anilines is 1. The Hall–Kier alpha value is -4.09. The Morgan fingerprint density at radius 3 is 2.07 bits per heavy atom. The van der Waals surface area contributed by atoms with E-state index in [1.54, 1.807) is 68.4 Å². The van der Waals surface area contributed by atoms with Gasteiger partial charge in [-0.25, -0.2) is 0 Å². The monoisotopic (exact) mass is 614 g/mol. The highest BCUT2D eigenvalue weighted by Gasteiger charge is 2.31. The average Bonchev–Trinajstić information content (AvgIpc) is 2.93. The number of aromatic nitrogens is 1. The fraction of sp³-hybridized carbons (Fsp3) is 0.387. The van der Waals surface area contributed by atoms with Crippen molar-refractivity contribution < 1.29 is 40.7 Å². The molecule has 1 heterocycles. The van der Waals surface area contributed by atoms with Gasteiger partial charge in [0.25, 0.3) is 5.56 Å². The number of nitrogens with one attached hydrogen (secondary N) is 1. The largest absolute Gasteiger partial charge is 0.463 e. The predicted octanol–water partition coefficient (Wildman–Crippen LogP) is 7.79. The quantitative estimate of drug-likeness (QED) is 0.197. The van der Waals surface area contributed by atoms with Gasteiger partial charge in [0.05, 0.1) is 24.6 Å². The van der Waals surface area contributed by atoms with E-state index in [0.717, 1.165) is 34.0 Å². The number of hydrogen-bond donors (Lipinski definition) is 1. The first-order valence-electron chi connectivity index (χ1n) is 13.6. The van der Waals surface area contributed by atoms with E-state index in [1.807, 2.05) is 13.8 Å². The number of carbonyl (C=O) groups is 2. The van der Waals surface area contributed by atoms with Crippen molar-refractivity contribution >= 4 is 17.6 Å². The molecule has 1 N–H and O–H groups in total. The maximum absolute atomic E-state index is 12.5. The van der Waals surface area contributed by atoms with Gasteiger partial charge in [-0.3, -0.25) is 14.4 Å². The van der Waals surface area contributed by atoms with Crippen LogP contribution in [-0.4, -0.2) is 28.7 Å². The molecule has 3 aromatic rings. The van der Waals surface area contributed by atoms with Gasteiger partial charge >= 0.3 is 18.3 Å². The van der Waals surface area contributed by atoms with Gasteiger partial charge in [-0.15, -0.1) is 0 Å². The van der Waals surface area contributed by atoms with Crippen molar-refractivity contribution in [3.8, 4) is 0 Å². The van der Waals surface area contributed by atoms with Crippen molar-refractivity contribution in [2.24, 2.45) is 0 Å². The first-order chi connectivity index (χ1) is 20.1. The number of alkyl halides is 6. The molecule has 12 heteroatoms. The van der Waals surface area contributed by atoms with Gasteiger partial charge in [0.15, 0.2) is 0 Å². The molecule has 1 amide bonds. The molecule has 0 aliphatic rings. The summed E-state index contributed by atoms with van der Waals surface area (Å²) in [6.45, 7) is 7.65. The summed E-state index contributed by atoms with van der Waals surface area (Å²) < 4.78 is 79.8. The lowest BCUT2D eigenvalue weighted by atomic mass is 10.1. The van der Waals surface area contributed by atoms with E-state index in [2.05, 4.69) is 5.32 Å². The van der Waals surface area contributed by atoms with E-state index >= 15 is 0 Å². The fourth-order valence-electron chi connectivity index (χ4n) is 3.45. The molecule has 2 aromatic carbocycles. The molecule has 1 aromatic heterocycles. The maximum Gasteiger partial charge on any atom is 0.417 e. The third-order valence-electron chi connectivity index (χ3n) is 5.34. The highest BCUT2D eigenvalue weighted by atomic mass is 19.4. The smallest absolute Gasteiger partial charge is 0.417 e. The minimum Gasteiger partial charge on any atom is -0.463 e. The molecule has 0 aliphatic carbocycles. The second-order valence-electron chi connectivity index (χ2n) is 9.27. The Kier molecular flexibility index (Phi) is 15.3. The maximum atomic E-state index is 12.5. The van der Waals surface area contributed by atoms with Crippen LogP contribution in [-0.2, 0) is 33.5 Å². The normalized spacial score (nSPS) is 11.0. The zero-order valence-corrected chi connectivity index (χ0v) is 24.4. The summed E-state index contributed by atoms with van der Waals surface area (Å²) in [5.74, 6) is -1.02.